The molecule has 1 amide bonds. The third-order valence-electron chi connectivity index (χ3n) is 3.66. The van der Waals surface area contributed by atoms with Gasteiger partial charge in [0.05, 0.1) is 5.56 Å². The second kappa shape index (κ2) is 6.65. The number of halogens is 1. The van der Waals surface area contributed by atoms with Crippen molar-refractivity contribution in [2.75, 3.05) is 32.0 Å². The summed E-state index contributed by atoms with van der Waals surface area (Å²) in [6, 6.07) is 1.49. The van der Waals surface area contributed by atoms with Crippen molar-refractivity contribution in [3.63, 3.8) is 0 Å². The maximum Gasteiger partial charge on any atom is 0.254 e. The number of nitrogens with one attached hydrogen (secondary N) is 2. The van der Waals surface area contributed by atoms with Gasteiger partial charge in [-0.1, -0.05) is 6.92 Å². The van der Waals surface area contributed by atoms with E-state index in [1.54, 1.807) is 7.05 Å². The van der Waals surface area contributed by atoms with Gasteiger partial charge in [-0.3, -0.25) is 4.79 Å². The Morgan fingerprint density at radius 2 is 2.40 bits per heavy atom. The monoisotopic (exact) mass is 280 g/mol. The summed E-state index contributed by atoms with van der Waals surface area (Å²) in [5.74, 6) is -0.878. The number of rotatable bonds is 4. The highest BCUT2D eigenvalue weighted by molar-refractivity contribution is 5.95. The second-order valence-corrected chi connectivity index (χ2v) is 4.98. The maximum atomic E-state index is 14.0. The number of hydrogen-bond donors (Lipinski definition) is 2. The molecule has 1 unspecified atom stereocenters. The first kappa shape index (κ1) is 14.7. The molecule has 5 nitrogen and oxygen atoms in total. The Hall–Kier alpha value is -1.69. The van der Waals surface area contributed by atoms with E-state index in [4.69, 9.17) is 0 Å². The Kier molecular flexibility index (Phi) is 4.89. The maximum absolute atomic E-state index is 14.0. The largest absolute Gasteiger partial charge is 0.371 e. The van der Waals surface area contributed by atoms with Gasteiger partial charge < -0.3 is 15.5 Å². The zero-order chi connectivity index (χ0) is 14.5. The Morgan fingerprint density at radius 3 is 3.10 bits per heavy atom. The number of aromatic nitrogens is 1. The number of pyridine rings is 1. The topological polar surface area (TPSA) is 57.3 Å². The molecule has 1 aliphatic heterocycles. The lowest BCUT2D eigenvalue weighted by Gasteiger charge is -2.32. The van der Waals surface area contributed by atoms with Crippen molar-refractivity contribution in [3.05, 3.63) is 23.6 Å². The number of amides is 1. The van der Waals surface area contributed by atoms with Crippen LogP contribution in [0.3, 0.4) is 0 Å². The number of nitrogens with zero attached hydrogens (tertiary/aromatic N) is 2. The molecule has 0 spiro atoms. The fourth-order valence-electron chi connectivity index (χ4n) is 2.52. The summed E-state index contributed by atoms with van der Waals surface area (Å²) in [6.07, 6.45) is 3.43. The molecular formula is C14H21FN4O. The van der Waals surface area contributed by atoms with Crippen LogP contribution in [0.15, 0.2) is 12.3 Å². The van der Waals surface area contributed by atoms with E-state index < -0.39 is 5.82 Å². The summed E-state index contributed by atoms with van der Waals surface area (Å²) in [6.45, 7) is 4.97. The van der Waals surface area contributed by atoms with Crippen LogP contribution in [0.25, 0.3) is 0 Å². The van der Waals surface area contributed by atoms with E-state index in [0.29, 0.717) is 0 Å². The van der Waals surface area contributed by atoms with Crippen LogP contribution < -0.4 is 10.6 Å². The number of hydrogen-bond acceptors (Lipinski definition) is 4. The molecule has 1 atom stereocenters. The minimum absolute atomic E-state index is 0.0398. The average Bonchev–Trinajstić information content (AvgIpc) is 2.47. The molecule has 0 saturated carbocycles. The molecule has 0 aliphatic carbocycles. The van der Waals surface area contributed by atoms with Gasteiger partial charge in [0, 0.05) is 25.8 Å². The van der Waals surface area contributed by atoms with Crippen LogP contribution in [0.2, 0.25) is 0 Å². The van der Waals surface area contributed by atoms with Gasteiger partial charge in [0.2, 0.25) is 0 Å². The van der Waals surface area contributed by atoms with Crippen LogP contribution in [0, 0.1) is 5.82 Å². The molecule has 1 aliphatic rings. The minimum atomic E-state index is -0.601. The molecule has 1 aromatic rings. The third-order valence-corrected chi connectivity index (χ3v) is 3.66. The Morgan fingerprint density at radius 1 is 1.60 bits per heavy atom. The Bertz CT molecular complexity index is 480. The molecule has 2 heterocycles. The minimum Gasteiger partial charge on any atom is -0.371 e. The molecule has 0 bridgehead atoms. The summed E-state index contributed by atoms with van der Waals surface area (Å²) in [5, 5.41) is 5.55. The van der Waals surface area contributed by atoms with E-state index in [1.807, 2.05) is 0 Å². The van der Waals surface area contributed by atoms with E-state index in [9.17, 15) is 9.18 Å². The molecule has 1 saturated heterocycles. The lowest BCUT2D eigenvalue weighted by Crippen LogP contribution is -2.47. The van der Waals surface area contributed by atoms with E-state index in [1.165, 1.54) is 12.3 Å². The fraction of sp³-hybridized carbons (Fsp3) is 0.571. The van der Waals surface area contributed by atoms with Crippen molar-refractivity contribution in [2.45, 2.75) is 25.8 Å². The van der Waals surface area contributed by atoms with E-state index >= 15 is 0 Å². The van der Waals surface area contributed by atoms with Crippen LogP contribution in [0.4, 0.5) is 10.2 Å². The number of likely N-dealkylation sites (tertiary alicyclic amines) is 1. The first-order chi connectivity index (χ1) is 9.65. The molecule has 20 heavy (non-hydrogen) atoms. The van der Waals surface area contributed by atoms with Gasteiger partial charge in [0.15, 0.2) is 11.6 Å². The van der Waals surface area contributed by atoms with Crippen molar-refractivity contribution >= 4 is 11.7 Å². The van der Waals surface area contributed by atoms with Crippen molar-refractivity contribution in [3.8, 4) is 0 Å². The number of piperidine rings is 1. The lowest BCUT2D eigenvalue weighted by atomic mass is 10.1. The summed E-state index contributed by atoms with van der Waals surface area (Å²) in [5.41, 5.74) is 0.0398. The van der Waals surface area contributed by atoms with Gasteiger partial charge >= 0.3 is 0 Å². The van der Waals surface area contributed by atoms with Gasteiger partial charge in [0.1, 0.15) is 0 Å². The standard InChI is InChI=1S/C14H21FN4O/c1-3-19-8-4-5-10(9-19)18-14(20)11-6-7-17-13(16-2)12(11)15/h6-7,10H,3-5,8-9H2,1-2H3,(H,16,17)(H,18,20). The molecule has 0 aromatic carbocycles. The van der Waals surface area contributed by atoms with Gasteiger partial charge in [-0.05, 0) is 32.0 Å². The smallest absolute Gasteiger partial charge is 0.254 e. The predicted octanol–water partition coefficient (Wildman–Crippen LogP) is 1.48. The second-order valence-electron chi connectivity index (χ2n) is 4.98. The molecule has 0 radical (unpaired) electrons. The van der Waals surface area contributed by atoms with E-state index in [-0.39, 0.29) is 23.3 Å². The van der Waals surface area contributed by atoms with Crippen LogP contribution in [-0.2, 0) is 0 Å². The highest BCUT2D eigenvalue weighted by Crippen LogP contribution is 2.16. The molecule has 1 aromatic heterocycles. The highest BCUT2D eigenvalue weighted by Gasteiger charge is 2.22. The third kappa shape index (κ3) is 3.25. The first-order valence-corrected chi connectivity index (χ1v) is 7.01. The molecule has 110 valence electrons. The predicted molar refractivity (Wildman–Crippen MR) is 76.3 cm³/mol. The number of carbonyl (C=O) groups excluding carboxylic acids is 1. The van der Waals surface area contributed by atoms with Gasteiger partial charge in [-0.25, -0.2) is 9.37 Å². The summed E-state index contributed by atoms with van der Waals surface area (Å²) >= 11 is 0. The van der Waals surface area contributed by atoms with Crippen LogP contribution >= 0.6 is 0 Å². The quantitative estimate of drug-likeness (QED) is 0.877. The van der Waals surface area contributed by atoms with Crippen molar-refractivity contribution in [2.24, 2.45) is 0 Å². The van der Waals surface area contributed by atoms with Crippen molar-refractivity contribution in [1.29, 1.82) is 0 Å². The zero-order valence-electron chi connectivity index (χ0n) is 11.9. The molecule has 6 heteroatoms. The normalized spacial score (nSPS) is 19.6. The lowest BCUT2D eigenvalue weighted by molar-refractivity contribution is 0.0901. The fourth-order valence-corrected chi connectivity index (χ4v) is 2.52. The van der Waals surface area contributed by atoms with Crippen LogP contribution in [-0.4, -0.2) is 48.5 Å². The SMILES string of the molecule is CCN1CCCC(NC(=O)c2ccnc(NC)c2F)C1. The van der Waals surface area contributed by atoms with E-state index in [0.717, 1.165) is 32.5 Å². The van der Waals surface area contributed by atoms with Crippen LogP contribution in [0.1, 0.15) is 30.1 Å². The Labute approximate surface area is 118 Å². The first-order valence-electron chi connectivity index (χ1n) is 7.01. The summed E-state index contributed by atoms with van der Waals surface area (Å²) in [7, 11) is 1.58. The van der Waals surface area contributed by atoms with Crippen molar-refractivity contribution in [1.82, 2.24) is 15.2 Å². The van der Waals surface area contributed by atoms with E-state index in [2.05, 4.69) is 27.4 Å². The van der Waals surface area contributed by atoms with Gasteiger partial charge in [0.25, 0.3) is 5.91 Å². The number of likely N-dealkylation sites (N-methyl/N-ethyl adjacent to an activating group) is 1. The Balaban J connectivity index is 2.05. The molecule has 1 fully saturated rings. The summed E-state index contributed by atoms with van der Waals surface area (Å²) in [4.78, 5) is 18.3. The number of carbonyl (C=O) groups is 1. The molecule has 2 rings (SSSR count). The van der Waals surface area contributed by atoms with Crippen molar-refractivity contribution < 1.29 is 9.18 Å². The van der Waals surface area contributed by atoms with Gasteiger partial charge in [-0.2, -0.15) is 0 Å². The average molecular weight is 280 g/mol. The molecule has 2 N–H and O–H groups in total. The van der Waals surface area contributed by atoms with Gasteiger partial charge in [-0.15, -0.1) is 0 Å². The molecular weight excluding hydrogens is 259 g/mol. The van der Waals surface area contributed by atoms with Crippen LogP contribution in [0.5, 0.6) is 0 Å². The zero-order valence-corrected chi connectivity index (χ0v) is 11.9. The highest BCUT2D eigenvalue weighted by atomic mass is 19.1. The number of anilines is 1. The summed E-state index contributed by atoms with van der Waals surface area (Å²) < 4.78 is 14.0.